The van der Waals surface area contributed by atoms with Gasteiger partial charge in [0.1, 0.15) is 5.75 Å². The van der Waals surface area contributed by atoms with Crippen LogP contribution >= 0.6 is 43.5 Å². The molecule has 5 heteroatoms. The Hall–Kier alpha value is -0.710. The van der Waals surface area contributed by atoms with Gasteiger partial charge < -0.3 is 10.1 Å². The first-order chi connectivity index (χ1) is 9.10. The standard InChI is InChI=1S/C14H12Br2ClNO/c1-19-14-7-11(4-5-12(14)15)18-8-9-2-3-10(17)6-13(9)16/h2-7,18H,8H2,1H3. The van der Waals surface area contributed by atoms with Gasteiger partial charge in [0.2, 0.25) is 0 Å². The molecule has 0 heterocycles. The van der Waals surface area contributed by atoms with Crippen molar-refractivity contribution >= 4 is 49.1 Å². The molecule has 0 aliphatic carbocycles. The molecule has 0 saturated heterocycles. The molecule has 0 unspecified atom stereocenters. The fraction of sp³-hybridized carbons (Fsp3) is 0.143. The van der Waals surface area contributed by atoms with Crippen LogP contribution in [0.4, 0.5) is 5.69 Å². The van der Waals surface area contributed by atoms with Gasteiger partial charge in [-0.05, 0) is 45.8 Å². The Bertz CT molecular complexity index is 590. The first-order valence-corrected chi connectivity index (χ1v) is 7.58. The van der Waals surface area contributed by atoms with Crippen LogP contribution in [0.25, 0.3) is 0 Å². The maximum absolute atomic E-state index is 5.92. The van der Waals surface area contributed by atoms with Crippen molar-refractivity contribution in [2.45, 2.75) is 6.54 Å². The number of hydrogen-bond acceptors (Lipinski definition) is 2. The summed E-state index contributed by atoms with van der Waals surface area (Å²) in [4.78, 5) is 0. The summed E-state index contributed by atoms with van der Waals surface area (Å²) in [7, 11) is 1.65. The molecule has 0 saturated carbocycles. The fourth-order valence-electron chi connectivity index (χ4n) is 1.63. The maximum atomic E-state index is 5.92. The average molecular weight is 406 g/mol. The molecular weight excluding hydrogens is 393 g/mol. The molecule has 1 N–H and O–H groups in total. The predicted molar refractivity (Wildman–Crippen MR) is 87.2 cm³/mol. The molecule has 2 nitrogen and oxygen atoms in total. The smallest absolute Gasteiger partial charge is 0.135 e. The van der Waals surface area contributed by atoms with E-state index in [1.165, 1.54) is 0 Å². The van der Waals surface area contributed by atoms with Crippen LogP contribution in [0.3, 0.4) is 0 Å². The van der Waals surface area contributed by atoms with Gasteiger partial charge >= 0.3 is 0 Å². The molecule has 0 atom stereocenters. The lowest BCUT2D eigenvalue weighted by Gasteiger charge is -2.10. The number of benzene rings is 2. The van der Waals surface area contributed by atoms with E-state index in [4.69, 9.17) is 16.3 Å². The van der Waals surface area contributed by atoms with Crippen LogP contribution in [0.2, 0.25) is 5.02 Å². The van der Waals surface area contributed by atoms with Gasteiger partial charge in [-0.2, -0.15) is 0 Å². The van der Waals surface area contributed by atoms with Crippen molar-refractivity contribution in [3.05, 3.63) is 55.9 Å². The highest BCUT2D eigenvalue weighted by molar-refractivity contribution is 9.10. The van der Waals surface area contributed by atoms with E-state index in [-0.39, 0.29) is 0 Å². The molecule has 100 valence electrons. The van der Waals surface area contributed by atoms with Crippen LogP contribution in [-0.2, 0) is 6.54 Å². The van der Waals surface area contributed by atoms with Gasteiger partial charge in [0.25, 0.3) is 0 Å². The maximum Gasteiger partial charge on any atom is 0.135 e. The number of halogens is 3. The summed E-state index contributed by atoms with van der Waals surface area (Å²) in [6.07, 6.45) is 0. The summed E-state index contributed by atoms with van der Waals surface area (Å²) in [6, 6.07) is 11.7. The van der Waals surface area contributed by atoms with E-state index in [0.29, 0.717) is 6.54 Å². The van der Waals surface area contributed by atoms with Gasteiger partial charge in [0.15, 0.2) is 0 Å². The van der Waals surface area contributed by atoms with Crippen molar-refractivity contribution in [3.8, 4) is 5.75 Å². The molecule has 0 bridgehead atoms. The first kappa shape index (κ1) is 14.7. The first-order valence-electron chi connectivity index (χ1n) is 5.61. The Balaban J connectivity index is 2.10. The average Bonchev–Trinajstić information content (AvgIpc) is 2.39. The number of anilines is 1. The highest BCUT2D eigenvalue weighted by Crippen LogP contribution is 2.28. The quantitative estimate of drug-likeness (QED) is 0.727. The van der Waals surface area contributed by atoms with Gasteiger partial charge in [-0.25, -0.2) is 0 Å². The van der Waals surface area contributed by atoms with Crippen LogP contribution in [0.1, 0.15) is 5.56 Å². The topological polar surface area (TPSA) is 21.3 Å². The van der Waals surface area contributed by atoms with Gasteiger partial charge in [-0.1, -0.05) is 33.6 Å². The predicted octanol–water partition coefficient (Wildman–Crippen LogP) is 5.49. The molecule has 0 amide bonds. The van der Waals surface area contributed by atoms with Crippen LogP contribution in [0, 0.1) is 0 Å². The number of ether oxygens (including phenoxy) is 1. The van der Waals surface area contributed by atoms with Crippen molar-refractivity contribution in [1.82, 2.24) is 0 Å². The zero-order chi connectivity index (χ0) is 13.8. The van der Waals surface area contributed by atoms with Crippen LogP contribution < -0.4 is 10.1 Å². The monoisotopic (exact) mass is 403 g/mol. The molecule has 2 rings (SSSR count). The minimum absolute atomic E-state index is 0.711. The zero-order valence-corrected chi connectivity index (χ0v) is 14.1. The number of methoxy groups -OCH3 is 1. The van der Waals surface area contributed by atoms with E-state index in [1.807, 2.05) is 36.4 Å². The van der Waals surface area contributed by atoms with Crippen LogP contribution in [0.15, 0.2) is 45.3 Å². The highest BCUT2D eigenvalue weighted by Gasteiger charge is 2.03. The minimum Gasteiger partial charge on any atom is -0.495 e. The Morgan fingerprint density at radius 3 is 2.58 bits per heavy atom. The van der Waals surface area contributed by atoms with E-state index in [2.05, 4.69) is 37.2 Å². The number of hydrogen-bond donors (Lipinski definition) is 1. The normalized spacial score (nSPS) is 10.3. The molecule has 19 heavy (non-hydrogen) atoms. The van der Waals surface area contributed by atoms with Crippen molar-refractivity contribution in [2.75, 3.05) is 12.4 Å². The van der Waals surface area contributed by atoms with E-state index in [0.717, 1.165) is 31.0 Å². The molecule has 0 aliphatic heterocycles. The summed E-state index contributed by atoms with van der Waals surface area (Å²) in [5.41, 5.74) is 2.15. The lowest BCUT2D eigenvalue weighted by atomic mass is 10.2. The largest absolute Gasteiger partial charge is 0.495 e. The Kier molecular flexibility index (Phi) is 5.13. The Morgan fingerprint density at radius 2 is 1.89 bits per heavy atom. The Labute approximate surface area is 134 Å². The van der Waals surface area contributed by atoms with Gasteiger partial charge in [-0.15, -0.1) is 0 Å². The molecule has 2 aromatic rings. The van der Waals surface area contributed by atoms with E-state index in [1.54, 1.807) is 7.11 Å². The van der Waals surface area contributed by atoms with Crippen molar-refractivity contribution in [2.24, 2.45) is 0 Å². The molecule has 2 aromatic carbocycles. The second-order valence-corrected chi connectivity index (χ2v) is 6.08. The lowest BCUT2D eigenvalue weighted by Crippen LogP contribution is -2.00. The van der Waals surface area contributed by atoms with E-state index < -0.39 is 0 Å². The number of nitrogens with one attached hydrogen (secondary N) is 1. The molecular formula is C14H12Br2ClNO. The zero-order valence-electron chi connectivity index (χ0n) is 10.2. The lowest BCUT2D eigenvalue weighted by molar-refractivity contribution is 0.412. The third-order valence-electron chi connectivity index (χ3n) is 2.65. The third kappa shape index (κ3) is 3.88. The second kappa shape index (κ2) is 6.64. The summed E-state index contributed by atoms with van der Waals surface area (Å²) in [6.45, 7) is 0.711. The fourth-order valence-corrected chi connectivity index (χ4v) is 2.86. The molecule has 0 spiro atoms. The van der Waals surface area contributed by atoms with E-state index >= 15 is 0 Å². The van der Waals surface area contributed by atoms with Crippen LogP contribution in [-0.4, -0.2) is 7.11 Å². The van der Waals surface area contributed by atoms with E-state index in [9.17, 15) is 0 Å². The molecule has 0 aliphatic rings. The summed E-state index contributed by atoms with van der Waals surface area (Å²) in [5.74, 6) is 0.806. The molecule has 0 fully saturated rings. The number of rotatable bonds is 4. The van der Waals surface area contributed by atoms with Crippen LogP contribution in [0.5, 0.6) is 5.75 Å². The summed E-state index contributed by atoms with van der Waals surface area (Å²) in [5, 5.41) is 4.07. The summed E-state index contributed by atoms with van der Waals surface area (Å²) >= 11 is 12.9. The van der Waals surface area contributed by atoms with Crippen molar-refractivity contribution < 1.29 is 4.74 Å². The van der Waals surface area contributed by atoms with Gasteiger partial charge in [0.05, 0.1) is 11.6 Å². The molecule has 0 radical (unpaired) electrons. The van der Waals surface area contributed by atoms with Crippen molar-refractivity contribution in [1.29, 1.82) is 0 Å². The Morgan fingerprint density at radius 1 is 1.11 bits per heavy atom. The summed E-state index contributed by atoms with van der Waals surface area (Å²) < 4.78 is 7.20. The minimum atomic E-state index is 0.711. The van der Waals surface area contributed by atoms with Crippen molar-refractivity contribution in [3.63, 3.8) is 0 Å². The van der Waals surface area contributed by atoms with Gasteiger partial charge in [0, 0.05) is 27.8 Å². The van der Waals surface area contributed by atoms with Gasteiger partial charge in [-0.3, -0.25) is 0 Å². The highest BCUT2D eigenvalue weighted by atomic mass is 79.9. The SMILES string of the molecule is COc1cc(NCc2ccc(Cl)cc2Br)ccc1Br. The third-order valence-corrected chi connectivity index (χ3v) is 4.28. The second-order valence-electron chi connectivity index (χ2n) is 3.94. The molecule has 0 aromatic heterocycles.